The van der Waals surface area contributed by atoms with Crippen molar-refractivity contribution >= 4 is 23.4 Å². The fourth-order valence-corrected chi connectivity index (χ4v) is 3.99. The highest BCUT2D eigenvalue weighted by Crippen LogP contribution is 2.32. The smallest absolute Gasteiger partial charge is 0.255 e. The second-order valence-electron chi connectivity index (χ2n) is 7.87. The number of amides is 3. The van der Waals surface area contributed by atoms with Gasteiger partial charge < -0.3 is 15.0 Å². The Hall–Kier alpha value is -3.23. The van der Waals surface area contributed by atoms with Crippen LogP contribution in [0.2, 0.25) is 0 Å². The van der Waals surface area contributed by atoms with E-state index in [1.165, 1.54) is 6.07 Å². The predicted molar refractivity (Wildman–Crippen MR) is 122 cm³/mol. The van der Waals surface area contributed by atoms with Crippen molar-refractivity contribution < 1.29 is 28.7 Å². The maximum Gasteiger partial charge on any atom is 0.255 e. The molecule has 33 heavy (non-hydrogen) atoms. The van der Waals surface area contributed by atoms with Crippen molar-refractivity contribution in [1.82, 2.24) is 15.1 Å². The third-order valence-corrected chi connectivity index (χ3v) is 5.71. The Morgan fingerprint density at radius 1 is 1.12 bits per heavy atom. The van der Waals surface area contributed by atoms with Gasteiger partial charge in [-0.1, -0.05) is 30.3 Å². The summed E-state index contributed by atoms with van der Waals surface area (Å²) in [7, 11) is 0. The summed E-state index contributed by atoms with van der Waals surface area (Å²) in [4.78, 5) is 40.4. The summed E-state index contributed by atoms with van der Waals surface area (Å²) in [6.07, 6.45) is -6.57. The zero-order valence-electron chi connectivity index (χ0n) is 24.8. The second kappa shape index (κ2) is 9.33. The van der Waals surface area contributed by atoms with Gasteiger partial charge in [0.1, 0.15) is 6.02 Å². The Kier molecular flexibility index (Phi) is 4.19. The van der Waals surface area contributed by atoms with E-state index in [1.54, 1.807) is 46.6 Å². The lowest BCUT2D eigenvalue weighted by atomic mass is 10.0. The molecular formula is C25H28N4O4. The highest BCUT2D eigenvalue weighted by molar-refractivity contribution is 6.06. The molecule has 2 aromatic rings. The van der Waals surface area contributed by atoms with E-state index < -0.39 is 43.0 Å². The van der Waals surface area contributed by atoms with E-state index in [4.69, 9.17) is 14.3 Å². The van der Waals surface area contributed by atoms with E-state index in [1.807, 2.05) is 0 Å². The van der Waals surface area contributed by atoms with E-state index in [0.717, 1.165) is 5.56 Å². The van der Waals surface area contributed by atoms with Crippen LogP contribution < -0.4 is 10.6 Å². The summed E-state index contributed by atoms with van der Waals surface area (Å²) >= 11 is 0. The Bertz CT molecular complexity index is 1370. The lowest BCUT2D eigenvalue weighted by Gasteiger charge is -2.29. The molecule has 0 unspecified atom stereocenters. The first-order valence-electron chi connectivity index (χ1n) is 14.2. The molecule has 8 nitrogen and oxygen atoms in total. The lowest BCUT2D eigenvalue weighted by molar-refractivity contribution is -0.136. The van der Waals surface area contributed by atoms with Crippen molar-refractivity contribution in [3.63, 3.8) is 0 Å². The molecule has 0 radical (unpaired) electrons. The van der Waals surface area contributed by atoms with Gasteiger partial charge in [0.25, 0.3) is 5.91 Å². The predicted octanol–water partition coefficient (Wildman–Crippen LogP) is 1.89. The zero-order chi connectivity index (χ0) is 29.1. The van der Waals surface area contributed by atoms with Crippen LogP contribution in [0.5, 0.6) is 0 Å². The minimum atomic E-state index is -3.33. The topological polar surface area (TPSA) is 91.0 Å². The number of rotatable bonds is 6. The third-order valence-electron chi connectivity index (χ3n) is 5.71. The molecule has 172 valence electrons. The standard InChI is InChI=1S/C25H28N4O4/c30-23-9-8-22(24(31)27-23)29-16-20-19(25(29)32)2-1-3-21(20)26-14-17-4-6-18(7-5-17)15-28-10-12-33-13-11-28/h1-7,22,26H,8-16H2,(H,27,30,31)/t22-/m0/s1/i8D2,9D2,15D2,22D. The van der Waals surface area contributed by atoms with Gasteiger partial charge in [-0.05, 0) is 29.6 Å². The Morgan fingerprint density at radius 2 is 1.88 bits per heavy atom. The maximum atomic E-state index is 13.3. The number of nitrogens with one attached hydrogen (secondary N) is 2. The van der Waals surface area contributed by atoms with Crippen molar-refractivity contribution in [1.29, 1.82) is 0 Å². The van der Waals surface area contributed by atoms with Crippen molar-refractivity contribution in [2.45, 2.75) is 38.4 Å². The molecule has 3 aliphatic rings. The molecule has 0 saturated carbocycles. The Morgan fingerprint density at radius 3 is 2.67 bits per heavy atom. The summed E-state index contributed by atoms with van der Waals surface area (Å²) in [5.41, 5.74) is 2.37. The van der Waals surface area contributed by atoms with Crippen LogP contribution in [0.3, 0.4) is 0 Å². The molecule has 3 aliphatic heterocycles. The third kappa shape index (κ3) is 4.62. The number of piperidine rings is 1. The van der Waals surface area contributed by atoms with E-state index in [0.29, 0.717) is 54.6 Å². The summed E-state index contributed by atoms with van der Waals surface area (Å²) in [5.74, 6) is -3.74. The number of benzene rings is 2. The van der Waals surface area contributed by atoms with E-state index in [9.17, 15) is 14.4 Å². The molecule has 2 fully saturated rings. The summed E-state index contributed by atoms with van der Waals surface area (Å²) < 4.78 is 63.4. The summed E-state index contributed by atoms with van der Waals surface area (Å²) in [5, 5.41) is 4.92. The van der Waals surface area contributed by atoms with Crippen LogP contribution >= 0.6 is 0 Å². The van der Waals surface area contributed by atoms with Gasteiger partial charge in [0, 0.05) is 64.1 Å². The van der Waals surface area contributed by atoms with Gasteiger partial charge in [-0.15, -0.1) is 0 Å². The fourth-order valence-electron chi connectivity index (χ4n) is 3.99. The second-order valence-corrected chi connectivity index (χ2v) is 7.87. The monoisotopic (exact) mass is 455 g/mol. The number of anilines is 1. The number of carbonyl (C=O) groups is 3. The van der Waals surface area contributed by atoms with Gasteiger partial charge in [-0.3, -0.25) is 24.6 Å². The number of morpholine rings is 1. The number of hydrogen-bond acceptors (Lipinski definition) is 6. The number of imide groups is 1. The van der Waals surface area contributed by atoms with Crippen LogP contribution in [0.15, 0.2) is 42.5 Å². The molecule has 3 amide bonds. The Balaban J connectivity index is 1.35. The van der Waals surface area contributed by atoms with Crippen LogP contribution in [0.25, 0.3) is 0 Å². The van der Waals surface area contributed by atoms with Crippen molar-refractivity contribution in [2.24, 2.45) is 0 Å². The molecule has 1 atom stereocenters. The van der Waals surface area contributed by atoms with Gasteiger partial charge in [0.15, 0.2) is 0 Å². The van der Waals surface area contributed by atoms with Gasteiger partial charge in [0.05, 0.1) is 14.6 Å². The van der Waals surface area contributed by atoms with Crippen molar-refractivity contribution in [2.75, 3.05) is 31.6 Å². The normalized spacial score (nSPS) is 30.0. The fraction of sp³-hybridized carbons (Fsp3) is 0.400. The number of carbonyl (C=O) groups excluding carboxylic acids is 3. The SMILES string of the molecule is [2H]C([2H])(c1ccc(CNc2cccc3c2CN([C@]2([2H])C(=O)NC(=O)C([2H])([2H])C2([2H])[2H])C3=O)cc1)N1CCOCC1. The first-order valence-corrected chi connectivity index (χ1v) is 10.7. The molecular weight excluding hydrogens is 420 g/mol. The summed E-state index contributed by atoms with van der Waals surface area (Å²) in [6.45, 7) is 0.244. The molecule has 2 aromatic carbocycles. The molecule has 3 heterocycles. The number of hydrogen-bond donors (Lipinski definition) is 2. The van der Waals surface area contributed by atoms with Crippen LogP contribution in [0, 0.1) is 0 Å². The van der Waals surface area contributed by atoms with Crippen LogP contribution in [-0.4, -0.2) is 59.8 Å². The largest absolute Gasteiger partial charge is 0.381 e. The zero-order valence-corrected chi connectivity index (χ0v) is 17.8. The van der Waals surface area contributed by atoms with Crippen molar-refractivity contribution in [3.8, 4) is 0 Å². The highest BCUT2D eigenvalue weighted by atomic mass is 16.5. The van der Waals surface area contributed by atoms with E-state index in [2.05, 4.69) is 5.32 Å². The van der Waals surface area contributed by atoms with E-state index in [-0.39, 0.29) is 12.1 Å². The first kappa shape index (κ1) is 14.8. The van der Waals surface area contributed by atoms with Gasteiger partial charge in [-0.2, -0.15) is 0 Å². The minimum absolute atomic E-state index is 0.131. The molecule has 0 bridgehead atoms. The van der Waals surface area contributed by atoms with Crippen LogP contribution in [-0.2, 0) is 33.9 Å². The molecule has 0 aliphatic carbocycles. The quantitative estimate of drug-likeness (QED) is 0.647. The van der Waals surface area contributed by atoms with Gasteiger partial charge in [-0.25, -0.2) is 0 Å². The van der Waals surface area contributed by atoms with Crippen LogP contribution in [0.4, 0.5) is 5.69 Å². The number of ether oxygens (including phenoxy) is 1. The molecule has 8 heteroatoms. The summed E-state index contributed by atoms with van der Waals surface area (Å²) in [6, 6.07) is 8.75. The molecule has 0 spiro atoms. The van der Waals surface area contributed by atoms with Gasteiger partial charge >= 0.3 is 0 Å². The molecule has 2 saturated heterocycles. The number of nitrogens with zero attached hydrogens (tertiary/aromatic N) is 2. The maximum absolute atomic E-state index is 13.3. The average molecular weight is 456 g/mol. The minimum Gasteiger partial charge on any atom is -0.381 e. The Labute approximate surface area is 202 Å². The average Bonchev–Trinajstić information content (AvgIpc) is 3.28. The molecule has 5 rings (SSSR count). The highest BCUT2D eigenvalue weighted by Gasteiger charge is 2.39. The molecule has 0 aromatic heterocycles. The van der Waals surface area contributed by atoms with Gasteiger partial charge in [0.2, 0.25) is 11.8 Å². The van der Waals surface area contributed by atoms with Crippen molar-refractivity contribution in [3.05, 3.63) is 64.7 Å². The molecule has 2 N–H and O–H groups in total. The van der Waals surface area contributed by atoms with E-state index >= 15 is 0 Å². The lowest BCUT2D eigenvalue weighted by Crippen LogP contribution is -2.52. The first-order chi connectivity index (χ1) is 18.7. The number of fused-ring (bicyclic) bond motifs is 1. The van der Waals surface area contributed by atoms with Crippen LogP contribution in [0.1, 0.15) is 49.4 Å².